The lowest BCUT2D eigenvalue weighted by Gasteiger charge is -2.23. The third kappa shape index (κ3) is 6.05. The molecular weight excluding hydrogens is 410 g/mol. The van der Waals surface area contributed by atoms with Crippen LogP contribution in [-0.2, 0) is 19.6 Å². The highest BCUT2D eigenvalue weighted by Crippen LogP contribution is 2.21. The molecule has 1 N–H and O–H groups in total. The maximum Gasteiger partial charge on any atom is 0.337 e. The van der Waals surface area contributed by atoms with Gasteiger partial charge in [-0.25, -0.2) is 18.6 Å². The average Bonchev–Trinajstić information content (AvgIpc) is 2.77. The fourth-order valence-electron chi connectivity index (χ4n) is 2.42. The van der Waals surface area contributed by atoms with Gasteiger partial charge in [-0.2, -0.15) is 5.10 Å². The Morgan fingerprint density at radius 2 is 1.70 bits per heavy atom. The molecular formula is C20H23N3O6S. The monoisotopic (exact) mass is 433 g/mol. The zero-order chi connectivity index (χ0) is 22.1. The van der Waals surface area contributed by atoms with Crippen LogP contribution in [0.1, 0.15) is 22.8 Å². The number of rotatable bonds is 9. The lowest BCUT2D eigenvalue weighted by atomic mass is 10.1. The summed E-state index contributed by atoms with van der Waals surface area (Å²) in [6.45, 7) is 1.07. The van der Waals surface area contributed by atoms with Gasteiger partial charge >= 0.3 is 5.97 Å². The molecule has 0 aliphatic carbocycles. The van der Waals surface area contributed by atoms with Gasteiger partial charge in [0.1, 0.15) is 12.3 Å². The molecule has 0 saturated carbocycles. The maximum atomic E-state index is 12.4. The predicted octanol–water partition coefficient (Wildman–Crippen LogP) is 1.79. The van der Waals surface area contributed by atoms with Gasteiger partial charge in [0.05, 0.1) is 37.4 Å². The number of benzene rings is 2. The van der Waals surface area contributed by atoms with Crippen molar-refractivity contribution in [1.82, 2.24) is 5.43 Å². The lowest BCUT2D eigenvalue weighted by Crippen LogP contribution is -2.40. The number of esters is 1. The molecule has 0 spiro atoms. The molecule has 0 radical (unpaired) electrons. The summed E-state index contributed by atoms with van der Waals surface area (Å²) < 4.78 is 35.6. The van der Waals surface area contributed by atoms with Crippen LogP contribution in [0.15, 0.2) is 53.6 Å². The molecule has 0 unspecified atom stereocenters. The molecule has 10 heteroatoms. The first-order valence-corrected chi connectivity index (χ1v) is 10.6. The minimum absolute atomic E-state index is 0.165. The first kappa shape index (κ1) is 22.9. The molecule has 0 saturated heterocycles. The quantitative estimate of drug-likeness (QED) is 0.366. The fourth-order valence-corrected chi connectivity index (χ4v) is 3.49. The van der Waals surface area contributed by atoms with Gasteiger partial charge in [-0.15, -0.1) is 0 Å². The molecule has 0 aliphatic heterocycles. The number of anilines is 1. The molecule has 0 aromatic heterocycles. The minimum Gasteiger partial charge on any atom is -0.497 e. The number of nitrogens with zero attached hydrogens (tertiary/aromatic N) is 2. The number of methoxy groups -OCH3 is 2. The molecule has 2 rings (SSSR count). The number of sulfonamides is 1. The Bertz CT molecular complexity index is 1000. The number of hydrazone groups is 1. The lowest BCUT2D eigenvalue weighted by molar-refractivity contribution is -0.119. The van der Waals surface area contributed by atoms with Crippen LogP contribution in [0.2, 0.25) is 0 Å². The van der Waals surface area contributed by atoms with Crippen molar-refractivity contribution in [2.24, 2.45) is 5.10 Å². The standard InChI is InChI=1S/C20H23N3O6S/c1-4-30(26,27)23(17-9-11-18(28-2)12-10-17)14-19(24)22-21-13-15-5-7-16(8-6-15)20(25)29-3/h5-13H,4,14H2,1-3H3,(H,22,24)/b21-13-. The van der Waals surface area contributed by atoms with Crippen LogP contribution in [-0.4, -0.2) is 53.0 Å². The highest BCUT2D eigenvalue weighted by molar-refractivity contribution is 7.92. The summed E-state index contributed by atoms with van der Waals surface area (Å²) in [5, 5.41) is 3.84. The molecule has 1 amide bonds. The first-order chi connectivity index (χ1) is 14.3. The Kier molecular flexibility index (Phi) is 7.93. The van der Waals surface area contributed by atoms with Crippen molar-refractivity contribution < 1.29 is 27.5 Å². The van der Waals surface area contributed by atoms with Gasteiger partial charge in [-0.05, 0) is 48.9 Å². The normalized spacial score (nSPS) is 11.2. The van der Waals surface area contributed by atoms with Gasteiger partial charge in [-0.1, -0.05) is 12.1 Å². The Hall–Kier alpha value is -3.40. The van der Waals surface area contributed by atoms with Crippen LogP contribution in [0.5, 0.6) is 5.75 Å². The van der Waals surface area contributed by atoms with Crippen LogP contribution in [0.4, 0.5) is 5.69 Å². The van der Waals surface area contributed by atoms with Crippen molar-refractivity contribution in [3.63, 3.8) is 0 Å². The SMILES string of the molecule is CCS(=O)(=O)N(CC(=O)N/N=C\c1ccc(C(=O)OC)cc1)c1ccc(OC)cc1. The summed E-state index contributed by atoms with van der Waals surface area (Å²) in [6.07, 6.45) is 1.38. The average molecular weight is 433 g/mol. The van der Waals surface area contributed by atoms with Gasteiger partial charge in [0.15, 0.2) is 0 Å². The van der Waals surface area contributed by atoms with E-state index in [2.05, 4.69) is 15.3 Å². The molecule has 160 valence electrons. The van der Waals surface area contributed by atoms with Gasteiger partial charge in [0, 0.05) is 0 Å². The van der Waals surface area contributed by atoms with Gasteiger partial charge in [-0.3, -0.25) is 9.10 Å². The maximum absolute atomic E-state index is 12.4. The highest BCUT2D eigenvalue weighted by atomic mass is 32.2. The molecule has 0 atom stereocenters. The second-order valence-corrected chi connectivity index (χ2v) is 8.19. The second-order valence-electron chi connectivity index (χ2n) is 6.01. The molecule has 2 aromatic rings. The number of amides is 1. The van der Waals surface area contributed by atoms with E-state index in [1.165, 1.54) is 27.4 Å². The zero-order valence-corrected chi connectivity index (χ0v) is 17.7. The van der Waals surface area contributed by atoms with Crippen molar-refractivity contribution in [2.75, 3.05) is 30.8 Å². The second kappa shape index (κ2) is 10.4. The topological polar surface area (TPSA) is 114 Å². The van der Waals surface area contributed by atoms with E-state index in [1.807, 2.05) is 0 Å². The molecule has 30 heavy (non-hydrogen) atoms. The number of hydrogen-bond acceptors (Lipinski definition) is 7. The number of nitrogens with one attached hydrogen (secondary N) is 1. The van der Waals surface area contributed by atoms with E-state index in [-0.39, 0.29) is 5.75 Å². The molecule has 2 aromatic carbocycles. The summed E-state index contributed by atoms with van der Waals surface area (Å²) in [7, 11) is -0.888. The number of hydrogen-bond donors (Lipinski definition) is 1. The Labute approximate surface area is 175 Å². The molecule has 0 heterocycles. The molecule has 0 bridgehead atoms. The Morgan fingerprint density at radius 1 is 1.07 bits per heavy atom. The number of carbonyl (C=O) groups excluding carboxylic acids is 2. The van der Waals surface area contributed by atoms with Gasteiger partial charge < -0.3 is 9.47 Å². The number of ether oxygens (including phenoxy) is 2. The first-order valence-electron chi connectivity index (χ1n) is 8.95. The van der Waals surface area contributed by atoms with E-state index in [9.17, 15) is 18.0 Å². The van der Waals surface area contributed by atoms with Crippen molar-refractivity contribution in [1.29, 1.82) is 0 Å². The van der Waals surface area contributed by atoms with E-state index >= 15 is 0 Å². The van der Waals surface area contributed by atoms with Crippen LogP contribution < -0.4 is 14.5 Å². The summed E-state index contributed by atoms with van der Waals surface area (Å²) in [4.78, 5) is 23.7. The van der Waals surface area contributed by atoms with E-state index in [1.54, 1.807) is 48.5 Å². The summed E-state index contributed by atoms with van der Waals surface area (Å²) in [5.41, 5.74) is 3.67. The van der Waals surface area contributed by atoms with E-state index in [4.69, 9.17) is 4.74 Å². The molecule has 0 aliphatic rings. The van der Waals surface area contributed by atoms with Crippen LogP contribution in [0, 0.1) is 0 Å². The summed E-state index contributed by atoms with van der Waals surface area (Å²) in [5.74, 6) is -0.657. The van der Waals surface area contributed by atoms with Crippen LogP contribution in [0.25, 0.3) is 0 Å². The van der Waals surface area contributed by atoms with Crippen molar-refractivity contribution >= 4 is 33.8 Å². The minimum atomic E-state index is -3.68. The van der Waals surface area contributed by atoms with Crippen molar-refractivity contribution in [2.45, 2.75) is 6.92 Å². The fraction of sp³-hybridized carbons (Fsp3) is 0.250. The third-order valence-electron chi connectivity index (χ3n) is 4.08. The van der Waals surface area contributed by atoms with E-state index in [0.29, 0.717) is 22.6 Å². The van der Waals surface area contributed by atoms with Crippen LogP contribution >= 0.6 is 0 Å². The van der Waals surface area contributed by atoms with Crippen LogP contribution in [0.3, 0.4) is 0 Å². The highest BCUT2D eigenvalue weighted by Gasteiger charge is 2.23. The largest absolute Gasteiger partial charge is 0.497 e. The number of carbonyl (C=O) groups is 2. The molecule has 0 fully saturated rings. The zero-order valence-electron chi connectivity index (χ0n) is 16.9. The predicted molar refractivity (Wildman–Crippen MR) is 113 cm³/mol. The smallest absolute Gasteiger partial charge is 0.337 e. The molecule has 9 nitrogen and oxygen atoms in total. The van der Waals surface area contributed by atoms with E-state index < -0.39 is 28.4 Å². The summed E-state index contributed by atoms with van der Waals surface area (Å²) in [6, 6.07) is 12.7. The van der Waals surface area contributed by atoms with Gasteiger partial charge in [0.2, 0.25) is 10.0 Å². The van der Waals surface area contributed by atoms with Crippen molar-refractivity contribution in [3.05, 3.63) is 59.7 Å². The van der Waals surface area contributed by atoms with Crippen molar-refractivity contribution in [3.8, 4) is 5.75 Å². The Morgan fingerprint density at radius 3 is 2.23 bits per heavy atom. The Balaban J connectivity index is 2.06. The third-order valence-corrected chi connectivity index (χ3v) is 5.82. The summed E-state index contributed by atoms with van der Waals surface area (Å²) >= 11 is 0. The van der Waals surface area contributed by atoms with E-state index in [0.717, 1.165) is 4.31 Å². The van der Waals surface area contributed by atoms with Gasteiger partial charge in [0.25, 0.3) is 5.91 Å².